The van der Waals surface area contributed by atoms with E-state index in [-0.39, 0.29) is 5.41 Å². The molecule has 2 bridgehead atoms. The first kappa shape index (κ1) is 14.8. The minimum atomic E-state index is -1.20. The molecule has 2 aliphatic carbocycles. The number of rotatable bonds is 4. The van der Waals surface area contributed by atoms with Crippen molar-refractivity contribution in [3.05, 3.63) is 0 Å². The average Bonchev–Trinajstić information content (AvgIpc) is 2.25. The van der Waals surface area contributed by atoms with Gasteiger partial charge in [-0.05, 0) is 55.8 Å². The molecule has 0 aromatic heterocycles. The zero-order valence-electron chi connectivity index (χ0n) is 12.0. The van der Waals surface area contributed by atoms with Gasteiger partial charge in [-0.2, -0.15) is 0 Å². The van der Waals surface area contributed by atoms with Crippen molar-refractivity contribution in [2.75, 3.05) is 0 Å². The van der Waals surface area contributed by atoms with Gasteiger partial charge in [0.25, 0.3) is 0 Å². The highest BCUT2D eigenvalue weighted by Gasteiger charge is 2.58. The molecule has 4 atom stereocenters. The quantitative estimate of drug-likeness (QED) is 0.825. The molecule has 110 valence electrons. The summed E-state index contributed by atoms with van der Waals surface area (Å²) in [6.07, 6.45) is 5.71. The molecule has 2 fully saturated rings. The normalized spacial score (nSPS) is 43.8. The summed E-state index contributed by atoms with van der Waals surface area (Å²) < 4.78 is 15.0. The third-order valence-corrected chi connectivity index (χ3v) is 5.27. The summed E-state index contributed by atoms with van der Waals surface area (Å²) >= 11 is 0. The molecular formula is C15H26FNO2. The summed E-state index contributed by atoms with van der Waals surface area (Å²) in [5.41, 5.74) is 4.10. The van der Waals surface area contributed by atoms with Crippen LogP contribution >= 0.6 is 0 Å². The molecule has 2 aliphatic rings. The summed E-state index contributed by atoms with van der Waals surface area (Å²) in [4.78, 5) is 11.3. The van der Waals surface area contributed by atoms with Crippen LogP contribution in [0.3, 0.4) is 0 Å². The molecule has 0 aromatic rings. The number of nitrogens with two attached hydrogens (primary N) is 1. The van der Waals surface area contributed by atoms with Gasteiger partial charge in [-0.25, -0.2) is 4.39 Å². The maximum absolute atomic E-state index is 15.0. The Kier molecular flexibility index (Phi) is 3.67. The van der Waals surface area contributed by atoms with Gasteiger partial charge in [-0.15, -0.1) is 0 Å². The molecule has 3 N–H and O–H groups in total. The van der Waals surface area contributed by atoms with Gasteiger partial charge in [0.1, 0.15) is 11.7 Å². The molecule has 2 saturated carbocycles. The van der Waals surface area contributed by atoms with Crippen LogP contribution in [-0.2, 0) is 4.79 Å². The van der Waals surface area contributed by atoms with Crippen LogP contribution in [0, 0.1) is 10.8 Å². The van der Waals surface area contributed by atoms with Gasteiger partial charge in [-0.3, -0.25) is 4.79 Å². The molecule has 2 rings (SSSR count). The zero-order valence-corrected chi connectivity index (χ0v) is 12.0. The van der Waals surface area contributed by atoms with E-state index in [0.29, 0.717) is 19.3 Å². The van der Waals surface area contributed by atoms with Crippen molar-refractivity contribution in [3.8, 4) is 0 Å². The van der Waals surface area contributed by atoms with Crippen molar-refractivity contribution in [3.63, 3.8) is 0 Å². The number of hydrogen-bond donors (Lipinski definition) is 2. The van der Waals surface area contributed by atoms with Crippen LogP contribution in [0.25, 0.3) is 0 Å². The van der Waals surface area contributed by atoms with Crippen LogP contribution in [0.5, 0.6) is 0 Å². The predicted molar refractivity (Wildman–Crippen MR) is 72.6 cm³/mol. The lowest BCUT2D eigenvalue weighted by Crippen LogP contribution is -2.58. The highest BCUT2D eigenvalue weighted by molar-refractivity contribution is 5.74. The van der Waals surface area contributed by atoms with Gasteiger partial charge < -0.3 is 10.8 Å². The van der Waals surface area contributed by atoms with Crippen molar-refractivity contribution in [2.24, 2.45) is 16.6 Å². The summed E-state index contributed by atoms with van der Waals surface area (Å²) in [6, 6.07) is -0.931. The Hall–Kier alpha value is -0.640. The van der Waals surface area contributed by atoms with Gasteiger partial charge in [0.15, 0.2) is 0 Å². The van der Waals surface area contributed by atoms with E-state index >= 15 is 4.39 Å². The van der Waals surface area contributed by atoms with Crippen molar-refractivity contribution >= 4 is 5.97 Å². The van der Waals surface area contributed by atoms with E-state index in [9.17, 15) is 9.90 Å². The number of aliphatic carboxylic acids is 1. The second kappa shape index (κ2) is 4.72. The van der Waals surface area contributed by atoms with Crippen molar-refractivity contribution in [1.29, 1.82) is 0 Å². The second-order valence-electron chi connectivity index (χ2n) is 7.27. The largest absolute Gasteiger partial charge is 0.480 e. The minimum absolute atomic E-state index is 0.102. The Bertz CT molecular complexity index is 375. The van der Waals surface area contributed by atoms with Crippen molar-refractivity contribution in [2.45, 2.75) is 76.9 Å². The SMILES string of the molecule is CCCC1(C)CC2(F)CCCC([C@H](N)C(=O)O)(C1)C2. The summed E-state index contributed by atoms with van der Waals surface area (Å²) in [7, 11) is 0. The number of carbonyl (C=O) groups is 1. The number of alkyl halides is 1. The topological polar surface area (TPSA) is 63.3 Å². The third kappa shape index (κ3) is 2.64. The van der Waals surface area contributed by atoms with E-state index in [2.05, 4.69) is 13.8 Å². The number of carboxylic acid groups (broad SMARTS) is 1. The smallest absolute Gasteiger partial charge is 0.321 e. The molecule has 3 unspecified atom stereocenters. The van der Waals surface area contributed by atoms with E-state index in [1.807, 2.05) is 0 Å². The number of hydrogen-bond acceptors (Lipinski definition) is 2. The number of fused-ring (bicyclic) bond motifs is 2. The van der Waals surface area contributed by atoms with Crippen molar-refractivity contribution in [1.82, 2.24) is 0 Å². The average molecular weight is 271 g/mol. The van der Waals surface area contributed by atoms with E-state index in [1.165, 1.54) is 0 Å². The summed E-state index contributed by atoms with van der Waals surface area (Å²) in [6.45, 7) is 4.21. The molecule has 0 amide bonds. The van der Waals surface area contributed by atoms with Gasteiger partial charge in [0, 0.05) is 0 Å². The Morgan fingerprint density at radius 1 is 1.37 bits per heavy atom. The lowest BCUT2D eigenvalue weighted by molar-refractivity contribution is -0.151. The first-order valence-electron chi connectivity index (χ1n) is 7.42. The molecule has 0 heterocycles. The van der Waals surface area contributed by atoms with Gasteiger partial charge in [0.2, 0.25) is 0 Å². The van der Waals surface area contributed by atoms with E-state index in [4.69, 9.17) is 5.73 Å². The van der Waals surface area contributed by atoms with Crippen LogP contribution in [-0.4, -0.2) is 22.8 Å². The van der Waals surface area contributed by atoms with Crippen LogP contribution in [0.15, 0.2) is 0 Å². The van der Waals surface area contributed by atoms with Crippen molar-refractivity contribution < 1.29 is 14.3 Å². The molecule has 0 radical (unpaired) electrons. The summed E-state index contributed by atoms with van der Waals surface area (Å²) in [5.74, 6) is -0.981. The molecule has 0 saturated heterocycles. The van der Waals surface area contributed by atoms with Gasteiger partial charge in [-0.1, -0.05) is 20.3 Å². The highest BCUT2D eigenvalue weighted by Crippen LogP contribution is 2.61. The number of halogens is 1. The molecule has 0 aliphatic heterocycles. The molecule has 0 aromatic carbocycles. The van der Waals surface area contributed by atoms with Crippen LogP contribution < -0.4 is 5.73 Å². The Labute approximate surface area is 114 Å². The lowest BCUT2D eigenvalue weighted by atomic mass is 9.50. The monoisotopic (exact) mass is 271 g/mol. The molecule has 0 spiro atoms. The fraction of sp³-hybridized carbons (Fsp3) is 0.933. The Morgan fingerprint density at radius 3 is 2.63 bits per heavy atom. The van der Waals surface area contributed by atoms with Gasteiger partial charge >= 0.3 is 5.97 Å². The lowest BCUT2D eigenvalue weighted by Gasteiger charge is -2.56. The standard InChI is InChI=1S/C15H26FNO2/c1-3-5-13(2)8-14(11(17)12(18)19)6-4-7-15(16,9-13)10-14/h11H,3-10,17H2,1-2H3,(H,18,19)/t11-,13?,14?,15?/m1/s1. The first-order chi connectivity index (χ1) is 8.74. The fourth-order valence-corrected chi connectivity index (χ4v) is 4.96. The maximum Gasteiger partial charge on any atom is 0.321 e. The molecular weight excluding hydrogens is 245 g/mol. The first-order valence-corrected chi connectivity index (χ1v) is 7.42. The van der Waals surface area contributed by atoms with E-state index in [1.54, 1.807) is 0 Å². The maximum atomic E-state index is 15.0. The zero-order chi connectivity index (χ0) is 14.3. The predicted octanol–water partition coefficient (Wildman–Crippen LogP) is 3.27. The van der Waals surface area contributed by atoms with E-state index < -0.39 is 23.1 Å². The highest BCUT2D eigenvalue weighted by atomic mass is 19.1. The minimum Gasteiger partial charge on any atom is -0.480 e. The van der Waals surface area contributed by atoms with Gasteiger partial charge in [0.05, 0.1) is 0 Å². The fourth-order valence-electron chi connectivity index (χ4n) is 4.96. The Balaban J connectivity index is 2.33. The van der Waals surface area contributed by atoms with E-state index in [0.717, 1.165) is 32.1 Å². The molecule has 4 heteroatoms. The van der Waals surface area contributed by atoms with Crippen LogP contribution in [0.4, 0.5) is 4.39 Å². The third-order valence-electron chi connectivity index (χ3n) is 5.27. The molecule has 3 nitrogen and oxygen atoms in total. The Morgan fingerprint density at radius 2 is 2.05 bits per heavy atom. The summed E-state index contributed by atoms with van der Waals surface area (Å²) in [5, 5.41) is 9.28. The second-order valence-corrected chi connectivity index (χ2v) is 7.27. The molecule has 19 heavy (non-hydrogen) atoms. The van der Waals surface area contributed by atoms with Crippen LogP contribution in [0.1, 0.15) is 65.2 Å². The number of carboxylic acids is 1. The van der Waals surface area contributed by atoms with Crippen LogP contribution in [0.2, 0.25) is 0 Å².